The van der Waals surface area contributed by atoms with Crippen molar-refractivity contribution in [2.75, 3.05) is 6.54 Å². The summed E-state index contributed by atoms with van der Waals surface area (Å²) in [5.41, 5.74) is 4.46. The van der Waals surface area contributed by atoms with Gasteiger partial charge < -0.3 is 10.6 Å². The number of nitrogens with one attached hydrogen (secondary N) is 2. The quantitative estimate of drug-likeness (QED) is 0.805. The number of benzene rings is 1. The largest absolute Gasteiger partial charge is 0.312 e. The minimum Gasteiger partial charge on any atom is -0.312 e. The van der Waals surface area contributed by atoms with Gasteiger partial charge in [0.25, 0.3) is 0 Å². The summed E-state index contributed by atoms with van der Waals surface area (Å²) in [6, 6.07) is 7.73. The van der Waals surface area contributed by atoms with Crippen LogP contribution in [0.25, 0.3) is 0 Å². The molecule has 86 valence electrons. The first kappa shape index (κ1) is 10.3. The maximum atomic E-state index is 3.61. The van der Waals surface area contributed by atoms with E-state index in [0.29, 0.717) is 0 Å². The molecule has 1 saturated carbocycles. The summed E-state index contributed by atoms with van der Waals surface area (Å²) in [5.74, 6) is 0.888. The molecule has 0 radical (unpaired) electrons. The highest BCUT2D eigenvalue weighted by molar-refractivity contribution is 5.33. The van der Waals surface area contributed by atoms with E-state index in [2.05, 4.69) is 35.8 Å². The Kier molecular flexibility index (Phi) is 2.70. The van der Waals surface area contributed by atoms with E-state index >= 15 is 0 Å². The molecule has 1 fully saturated rings. The molecule has 2 nitrogen and oxygen atoms in total. The van der Waals surface area contributed by atoms with Crippen molar-refractivity contribution < 1.29 is 0 Å². The summed E-state index contributed by atoms with van der Waals surface area (Å²) in [7, 11) is 0. The minimum atomic E-state index is 0.772. The Balaban J connectivity index is 1.66. The third-order valence-electron chi connectivity index (χ3n) is 3.84. The fraction of sp³-hybridized carbons (Fsp3) is 0.571. The Hall–Kier alpha value is -0.860. The molecule has 1 heterocycles. The van der Waals surface area contributed by atoms with E-state index in [4.69, 9.17) is 0 Å². The monoisotopic (exact) mass is 216 g/mol. The van der Waals surface area contributed by atoms with Crippen LogP contribution in [0.3, 0.4) is 0 Å². The van der Waals surface area contributed by atoms with Gasteiger partial charge in [0.1, 0.15) is 0 Å². The SMILES string of the molecule is CC1CC1NCc1ccc2c(c1)CNCC2. The number of rotatable bonds is 3. The zero-order valence-electron chi connectivity index (χ0n) is 9.92. The molecule has 2 unspecified atom stereocenters. The van der Waals surface area contributed by atoms with Crippen LogP contribution in [0.2, 0.25) is 0 Å². The highest BCUT2D eigenvalue weighted by atomic mass is 15.0. The molecule has 0 aromatic heterocycles. The summed E-state index contributed by atoms with van der Waals surface area (Å²) in [4.78, 5) is 0. The molecule has 2 aliphatic rings. The van der Waals surface area contributed by atoms with E-state index < -0.39 is 0 Å². The smallest absolute Gasteiger partial charge is 0.0208 e. The van der Waals surface area contributed by atoms with Crippen LogP contribution in [0.5, 0.6) is 0 Å². The van der Waals surface area contributed by atoms with Crippen molar-refractivity contribution in [3.8, 4) is 0 Å². The predicted octanol–water partition coefficient (Wildman–Crippen LogP) is 1.83. The molecule has 1 aliphatic heterocycles. The lowest BCUT2D eigenvalue weighted by atomic mass is 9.98. The number of hydrogen-bond acceptors (Lipinski definition) is 2. The van der Waals surface area contributed by atoms with Gasteiger partial charge in [-0.3, -0.25) is 0 Å². The van der Waals surface area contributed by atoms with Crippen LogP contribution in [0, 0.1) is 5.92 Å². The van der Waals surface area contributed by atoms with Crippen LogP contribution < -0.4 is 10.6 Å². The first-order valence-corrected chi connectivity index (χ1v) is 6.38. The third kappa shape index (κ3) is 2.13. The molecule has 0 saturated heterocycles. The fourth-order valence-corrected chi connectivity index (χ4v) is 2.50. The normalized spacial score (nSPS) is 27.6. The van der Waals surface area contributed by atoms with Crippen molar-refractivity contribution in [1.29, 1.82) is 0 Å². The van der Waals surface area contributed by atoms with Gasteiger partial charge in [-0.15, -0.1) is 0 Å². The second-order valence-corrected chi connectivity index (χ2v) is 5.23. The van der Waals surface area contributed by atoms with Crippen molar-refractivity contribution in [2.45, 2.75) is 38.9 Å². The van der Waals surface area contributed by atoms with Crippen molar-refractivity contribution in [1.82, 2.24) is 10.6 Å². The van der Waals surface area contributed by atoms with E-state index in [0.717, 1.165) is 31.6 Å². The molecule has 0 bridgehead atoms. The lowest BCUT2D eigenvalue weighted by Crippen LogP contribution is -2.24. The van der Waals surface area contributed by atoms with E-state index in [-0.39, 0.29) is 0 Å². The maximum Gasteiger partial charge on any atom is 0.0208 e. The summed E-state index contributed by atoms with van der Waals surface area (Å²) in [6.07, 6.45) is 2.54. The molecule has 1 aromatic carbocycles. The molecule has 2 atom stereocenters. The van der Waals surface area contributed by atoms with E-state index in [1.54, 1.807) is 0 Å². The van der Waals surface area contributed by atoms with Gasteiger partial charge in [-0.1, -0.05) is 25.1 Å². The van der Waals surface area contributed by atoms with Crippen LogP contribution in [-0.2, 0) is 19.5 Å². The number of fused-ring (bicyclic) bond motifs is 1. The highest BCUT2D eigenvalue weighted by Crippen LogP contribution is 2.29. The lowest BCUT2D eigenvalue weighted by Gasteiger charge is -2.18. The molecule has 2 N–H and O–H groups in total. The average molecular weight is 216 g/mol. The van der Waals surface area contributed by atoms with Crippen LogP contribution in [-0.4, -0.2) is 12.6 Å². The van der Waals surface area contributed by atoms with Gasteiger partial charge in [0.2, 0.25) is 0 Å². The maximum absolute atomic E-state index is 3.61. The highest BCUT2D eigenvalue weighted by Gasteiger charge is 2.31. The molecule has 1 aliphatic carbocycles. The van der Waals surface area contributed by atoms with Crippen LogP contribution in [0.1, 0.15) is 30.0 Å². The van der Waals surface area contributed by atoms with Gasteiger partial charge in [-0.2, -0.15) is 0 Å². The topological polar surface area (TPSA) is 24.1 Å². The molecule has 16 heavy (non-hydrogen) atoms. The molecule has 1 aromatic rings. The van der Waals surface area contributed by atoms with E-state index in [1.807, 2.05) is 0 Å². The Labute approximate surface area is 97.4 Å². The van der Waals surface area contributed by atoms with Crippen molar-refractivity contribution >= 4 is 0 Å². The first-order valence-electron chi connectivity index (χ1n) is 6.38. The van der Waals surface area contributed by atoms with Crippen molar-refractivity contribution in [2.24, 2.45) is 5.92 Å². The molecule has 0 amide bonds. The Morgan fingerprint density at radius 2 is 2.25 bits per heavy atom. The lowest BCUT2D eigenvalue weighted by molar-refractivity contribution is 0.633. The van der Waals surface area contributed by atoms with Gasteiger partial charge in [0, 0.05) is 19.1 Å². The van der Waals surface area contributed by atoms with E-state index in [1.165, 1.54) is 29.5 Å². The summed E-state index contributed by atoms with van der Waals surface area (Å²) in [5, 5.41) is 7.04. The molecular formula is C14H20N2. The third-order valence-corrected chi connectivity index (χ3v) is 3.84. The summed E-state index contributed by atoms with van der Waals surface area (Å²) >= 11 is 0. The predicted molar refractivity (Wildman–Crippen MR) is 66.3 cm³/mol. The first-order chi connectivity index (χ1) is 7.83. The molecular weight excluding hydrogens is 196 g/mol. The van der Waals surface area contributed by atoms with Gasteiger partial charge in [-0.25, -0.2) is 0 Å². The standard InChI is InChI=1S/C14H20N2/c1-10-6-14(10)16-8-11-2-3-12-4-5-15-9-13(12)7-11/h2-3,7,10,14-16H,4-6,8-9H2,1H3. The van der Waals surface area contributed by atoms with Gasteiger partial charge >= 0.3 is 0 Å². The van der Waals surface area contributed by atoms with E-state index in [9.17, 15) is 0 Å². The molecule has 3 rings (SSSR count). The molecule has 0 spiro atoms. The zero-order chi connectivity index (χ0) is 11.0. The fourth-order valence-electron chi connectivity index (χ4n) is 2.50. The second-order valence-electron chi connectivity index (χ2n) is 5.23. The minimum absolute atomic E-state index is 0.772. The summed E-state index contributed by atoms with van der Waals surface area (Å²) in [6.45, 7) is 5.52. The summed E-state index contributed by atoms with van der Waals surface area (Å²) < 4.78 is 0. The van der Waals surface area contributed by atoms with Gasteiger partial charge in [0.05, 0.1) is 0 Å². The zero-order valence-corrected chi connectivity index (χ0v) is 9.92. The Bertz CT molecular complexity index is 386. The van der Waals surface area contributed by atoms with Crippen LogP contribution in [0.4, 0.5) is 0 Å². The molecule has 2 heteroatoms. The average Bonchev–Trinajstić information content (AvgIpc) is 3.03. The van der Waals surface area contributed by atoms with Gasteiger partial charge in [0.15, 0.2) is 0 Å². The Morgan fingerprint density at radius 1 is 1.38 bits per heavy atom. The van der Waals surface area contributed by atoms with Crippen molar-refractivity contribution in [3.05, 3.63) is 34.9 Å². The Morgan fingerprint density at radius 3 is 3.06 bits per heavy atom. The second kappa shape index (κ2) is 4.19. The number of hydrogen-bond donors (Lipinski definition) is 2. The van der Waals surface area contributed by atoms with Crippen LogP contribution in [0.15, 0.2) is 18.2 Å². The van der Waals surface area contributed by atoms with Gasteiger partial charge in [-0.05, 0) is 42.0 Å². The van der Waals surface area contributed by atoms with Crippen molar-refractivity contribution in [3.63, 3.8) is 0 Å². The van der Waals surface area contributed by atoms with Crippen LogP contribution >= 0.6 is 0 Å².